The van der Waals surface area contributed by atoms with E-state index >= 15 is 0 Å². The first-order chi connectivity index (χ1) is 9.58. The van der Waals surface area contributed by atoms with Crippen molar-refractivity contribution in [1.82, 2.24) is 4.90 Å². The van der Waals surface area contributed by atoms with Gasteiger partial charge in [-0.2, -0.15) is 0 Å². The highest BCUT2D eigenvalue weighted by Gasteiger charge is 2.35. The van der Waals surface area contributed by atoms with E-state index in [1.807, 2.05) is 0 Å². The Kier molecular flexibility index (Phi) is 3.30. The van der Waals surface area contributed by atoms with Crippen LogP contribution in [0.25, 0.3) is 0 Å². The Labute approximate surface area is 119 Å². The average Bonchev–Trinajstić information content (AvgIpc) is 2.64. The second-order valence-corrected chi connectivity index (χ2v) is 5.83. The van der Waals surface area contributed by atoms with Crippen molar-refractivity contribution in [3.05, 3.63) is 23.8 Å². The molecule has 108 valence electrons. The molecule has 5 nitrogen and oxygen atoms in total. The summed E-state index contributed by atoms with van der Waals surface area (Å²) in [5, 5.41) is 9.38. The molecule has 3 rings (SSSR count). The molecule has 0 spiro atoms. The van der Waals surface area contributed by atoms with E-state index in [4.69, 9.17) is 5.73 Å². The Hall–Kier alpha value is -1.75. The van der Waals surface area contributed by atoms with Crippen LogP contribution < -0.4 is 10.6 Å². The minimum Gasteiger partial charge on any atom is -0.478 e. The molecule has 2 saturated heterocycles. The zero-order chi connectivity index (χ0) is 14.3. The van der Waals surface area contributed by atoms with E-state index in [0.29, 0.717) is 29.0 Å². The maximum absolute atomic E-state index is 11.4. The monoisotopic (exact) mass is 275 g/mol. The summed E-state index contributed by atoms with van der Waals surface area (Å²) in [6, 6.07) is 6.26. The van der Waals surface area contributed by atoms with E-state index in [2.05, 4.69) is 16.8 Å². The molecule has 0 aromatic heterocycles. The van der Waals surface area contributed by atoms with Crippen LogP contribution in [0, 0.1) is 0 Å². The molecule has 2 atom stereocenters. The Morgan fingerprint density at radius 1 is 1.30 bits per heavy atom. The predicted molar refractivity (Wildman–Crippen MR) is 79.2 cm³/mol. The van der Waals surface area contributed by atoms with E-state index in [-0.39, 0.29) is 0 Å². The van der Waals surface area contributed by atoms with Gasteiger partial charge in [-0.05, 0) is 38.4 Å². The normalized spacial score (nSPS) is 26.6. The van der Waals surface area contributed by atoms with E-state index in [0.717, 1.165) is 19.5 Å². The Balaban J connectivity index is 1.95. The molecule has 1 aromatic rings. The number of carboxylic acid groups (broad SMARTS) is 1. The minimum atomic E-state index is -0.907. The summed E-state index contributed by atoms with van der Waals surface area (Å²) in [7, 11) is 2.18. The van der Waals surface area contributed by atoms with Gasteiger partial charge in [-0.1, -0.05) is 6.07 Å². The number of carbonyl (C=O) groups is 1. The van der Waals surface area contributed by atoms with Crippen LogP contribution in [0.2, 0.25) is 0 Å². The maximum Gasteiger partial charge on any atom is 0.337 e. The second kappa shape index (κ2) is 4.98. The fraction of sp³-hybridized carbons (Fsp3) is 0.533. The van der Waals surface area contributed by atoms with Gasteiger partial charge in [-0.25, -0.2) is 4.79 Å². The van der Waals surface area contributed by atoms with Gasteiger partial charge in [0.2, 0.25) is 0 Å². The number of nitrogen functional groups attached to an aromatic ring is 1. The zero-order valence-corrected chi connectivity index (χ0v) is 11.7. The minimum absolute atomic E-state index is 0.311. The lowest BCUT2D eigenvalue weighted by Gasteiger charge is -2.29. The lowest BCUT2D eigenvalue weighted by atomic mass is 10.1. The van der Waals surface area contributed by atoms with Crippen LogP contribution in [0.1, 0.15) is 29.6 Å². The molecule has 1 aromatic carbocycles. The number of anilines is 2. The van der Waals surface area contributed by atoms with Gasteiger partial charge in [0, 0.05) is 25.2 Å². The van der Waals surface area contributed by atoms with E-state index < -0.39 is 5.97 Å². The number of carboxylic acids is 1. The third-order valence-electron chi connectivity index (χ3n) is 4.76. The van der Waals surface area contributed by atoms with Gasteiger partial charge in [0.25, 0.3) is 0 Å². The molecule has 5 heteroatoms. The van der Waals surface area contributed by atoms with Crippen LogP contribution in [0.4, 0.5) is 11.4 Å². The van der Waals surface area contributed by atoms with Crippen LogP contribution in [-0.4, -0.2) is 48.2 Å². The average molecular weight is 275 g/mol. The van der Waals surface area contributed by atoms with Crippen LogP contribution in [-0.2, 0) is 0 Å². The fourth-order valence-electron chi connectivity index (χ4n) is 3.60. The molecule has 0 amide bonds. The van der Waals surface area contributed by atoms with Crippen LogP contribution >= 0.6 is 0 Å². The first-order valence-corrected chi connectivity index (χ1v) is 7.16. The summed E-state index contributed by atoms with van der Waals surface area (Å²) < 4.78 is 0. The number of nitrogens with zero attached hydrogens (tertiary/aromatic N) is 2. The molecule has 2 aliphatic rings. The van der Waals surface area contributed by atoms with Gasteiger partial charge in [-0.15, -0.1) is 0 Å². The van der Waals surface area contributed by atoms with Crippen LogP contribution in [0.15, 0.2) is 18.2 Å². The number of rotatable bonds is 2. The second-order valence-electron chi connectivity index (χ2n) is 5.83. The number of para-hydroxylation sites is 1. The molecule has 2 aliphatic heterocycles. The third kappa shape index (κ3) is 2.12. The lowest BCUT2D eigenvalue weighted by Crippen LogP contribution is -2.37. The topological polar surface area (TPSA) is 69.8 Å². The van der Waals surface area contributed by atoms with Crippen molar-refractivity contribution >= 4 is 17.3 Å². The summed E-state index contributed by atoms with van der Waals surface area (Å²) in [6.45, 7) is 1.74. The largest absolute Gasteiger partial charge is 0.478 e. The Bertz CT molecular complexity index is 532. The van der Waals surface area contributed by atoms with Gasteiger partial charge in [0.05, 0.1) is 16.9 Å². The molecular weight excluding hydrogens is 254 g/mol. The van der Waals surface area contributed by atoms with Gasteiger partial charge >= 0.3 is 5.97 Å². The molecule has 0 aliphatic carbocycles. The fourth-order valence-corrected chi connectivity index (χ4v) is 3.60. The third-order valence-corrected chi connectivity index (χ3v) is 4.76. The highest BCUT2D eigenvalue weighted by atomic mass is 16.4. The van der Waals surface area contributed by atoms with E-state index in [9.17, 15) is 9.90 Å². The molecule has 0 radical (unpaired) electrons. The quantitative estimate of drug-likeness (QED) is 0.803. The number of benzene rings is 1. The molecule has 0 saturated carbocycles. The highest BCUT2D eigenvalue weighted by molar-refractivity contribution is 5.98. The molecule has 2 fully saturated rings. The van der Waals surface area contributed by atoms with Crippen molar-refractivity contribution in [3.8, 4) is 0 Å². The van der Waals surface area contributed by atoms with E-state index in [1.165, 1.54) is 12.8 Å². The highest BCUT2D eigenvalue weighted by Crippen LogP contribution is 2.34. The summed E-state index contributed by atoms with van der Waals surface area (Å²) in [5.74, 6) is -0.907. The molecule has 2 bridgehead atoms. The van der Waals surface area contributed by atoms with Crippen LogP contribution in [0.5, 0.6) is 0 Å². The Morgan fingerprint density at radius 2 is 2.05 bits per heavy atom. The number of hydrogen-bond donors (Lipinski definition) is 2. The van der Waals surface area contributed by atoms with Crippen molar-refractivity contribution in [2.45, 2.75) is 31.3 Å². The SMILES string of the molecule is CN1C2CCC1CN(c1c(N)cccc1C(=O)O)CC2. The first kappa shape index (κ1) is 13.2. The molecule has 20 heavy (non-hydrogen) atoms. The van der Waals surface area contributed by atoms with Gasteiger partial charge in [-0.3, -0.25) is 4.90 Å². The summed E-state index contributed by atoms with van der Waals surface area (Å²) in [4.78, 5) is 16.0. The van der Waals surface area contributed by atoms with Crippen molar-refractivity contribution < 1.29 is 9.90 Å². The summed E-state index contributed by atoms with van der Waals surface area (Å²) in [5.41, 5.74) is 7.62. The predicted octanol–water partition coefficient (Wildman–Crippen LogP) is 1.64. The van der Waals surface area contributed by atoms with Crippen molar-refractivity contribution in [2.24, 2.45) is 0 Å². The molecule has 3 N–H and O–H groups in total. The number of hydrogen-bond acceptors (Lipinski definition) is 4. The van der Waals surface area contributed by atoms with Crippen LogP contribution in [0.3, 0.4) is 0 Å². The summed E-state index contributed by atoms with van der Waals surface area (Å²) in [6.07, 6.45) is 3.51. The smallest absolute Gasteiger partial charge is 0.337 e. The maximum atomic E-state index is 11.4. The van der Waals surface area contributed by atoms with Gasteiger partial charge < -0.3 is 15.7 Å². The number of fused-ring (bicyclic) bond motifs is 2. The number of nitrogens with two attached hydrogens (primary N) is 1. The van der Waals surface area contributed by atoms with Crippen molar-refractivity contribution in [2.75, 3.05) is 30.8 Å². The lowest BCUT2D eigenvalue weighted by molar-refractivity contribution is 0.0697. The Morgan fingerprint density at radius 3 is 2.80 bits per heavy atom. The number of likely N-dealkylation sites (N-methyl/N-ethyl adjacent to an activating group) is 1. The van der Waals surface area contributed by atoms with Gasteiger partial charge in [0.1, 0.15) is 0 Å². The van der Waals surface area contributed by atoms with E-state index in [1.54, 1.807) is 18.2 Å². The molecular formula is C15H21N3O2. The molecule has 2 unspecified atom stereocenters. The van der Waals surface area contributed by atoms with Gasteiger partial charge in [0.15, 0.2) is 0 Å². The van der Waals surface area contributed by atoms with Crippen molar-refractivity contribution in [1.29, 1.82) is 0 Å². The number of aromatic carboxylic acids is 1. The first-order valence-electron chi connectivity index (χ1n) is 7.16. The molecule has 2 heterocycles. The van der Waals surface area contributed by atoms with Crippen molar-refractivity contribution in [3.63, 3.8) is 0 Å². The zero-order valence-electron chi connectivity index (χ0n) is 11.7. The standard InChI is InChI=1S/C15H21N3O2/c1-17-10-5-6-11(17)9-18(8-7-10)14-12(15(19)20)3-2-4-13(14)16/h2-4,10-11H,5-9,16H2,1H3,(H,19,20). The summed E-state index contributed by atoms with van der Waals surface area (Å²) >= 11 is 0.